The molecule has 0 radical (unpaired) electrons. The van der Waals surface area contributed by atoms with Crippen molar-refractivity contribution in [2.24, 2.45) is 0 Å². The second-order valence-corrected chi connectivity index (χ2v) is 7.17. The van der Waals surface area contributed by atoms with Crippen LogP contribution in [0.3, 0.4) is 0 Å². The topological polar surface area (TPSA) is 109 Å². The van der Waals surface area contributed by atoms with Crippen LogP contribution in [0.15, 0.2) is 15.3 Å². The number of aryl methyl sites for hydroxylation is 3. The molecule has 0 saturated carbocycles. The molecule has 4 heterocycles. The minimum atomic E-state index is -0.458. The first-order valence-corrected chi connectivity index (χ1v) is 9.57. The number of carbonyl (C=O) groups is 1. The van der Waals surface area contributed by atoms with Gasteiger partial charge in [0, 0.05) is 18.5 Å². The van der Waals surface area contributed by atoms with Gasteiger partial charge in [-0.1, -0.05) is 6.92 Å². The van der Waals surface area contributed by atoms with E-state index < -0.39 is 11.5 Å². The number of nitrogens with zero attached hydrogens (tertiary/aromatic N) is 4. The van der Waals surface area contributed by atoms with Crippen LogP contribution in [-0.2, 0) is 13.0 Å². The third-order valence-corrected chi connectivity index (χ3v) is 5.06. The van der Waals surface area contributed by atoms with Crippen LogP contribution in [0.4, 0.5) is 5.69 Å². The van der Waals surface area contributed by atoms with E-state index in [0.29, 0.717) is 17.9 Å². The van der Waals surface area contributed by atoms with Gasteiger partial charge in [0.25, 0.3) is 17.2 Å². The summed E-state index contributed by atoms with van der Waals surface area (Å²) in [5, 5.41) is 5.48. The standard InChI is InChI=1S/C19H24N6O3/c1-4-14-13(10-24-7-5-6-8-24)9-15(28-14)17(26)22-16-11(2)20-19-21-12(3)23-25(19)18(16)27/h9H,4-8,10H2,1-3H3,(H,22,26)(H,20,21,23). The van der Waals surface area contributed by atoms with E-state index in [1.165, 1.54) is 17.4 Å². The number of rotatable bonds is 5. The van der Waals surface area contributed by atoms with Crippen molar-refractivity contribution in [2.45, 2.75) is 46.6 Å². The molecule has 0 unspecified atom stereocenters. The molecular weight excluding hydrogens is 360 g/mol. The Morgan fingerprint density at radius 2 is 2.04 bits per heavy atom. The Hall–Kier alpha value is -2.94. The number of furan rings is 1. The Bertz CT molecular complexity index is 1090. The lowest BCUT2D eigenvalue weighted by atomic mass is 10.2. The number of hydrogen-bond donors (Lipinski definition) is 2. The van der Waals surface area contributed by atoms with Crippen LogP contribution >= 0.6 is 0 Å². The largest absolute Gasteiger partial charge is 0.456 e. The summed E-state index contributed by atoms with van der Waals surface area (Å²) in [5.41, 5.74) is 1.14. The van der Waals surface area contributed by atoms with Crippen LogP contribution in [0.1, 0.15) is 53.2 Å². The number of hydrogen-bond acceptors (Lipinski definition) is 6. The van der Waals surface area contributed by atoms with Crippen LogP contribution in [0.2, 0.25) is 0 Å². The van der Waals surface area contributed by atoms with E-state index in [-0.39, 0.29) is 17.2 Å². The molecule has 0 spiro atoms. The van der Waals surface area contributed by atoms with Crippen molar-refractivity contribution in [3.05, 3.63) is 45.0 Å². The number of aromatic amines is 1. The molecule has 1 aliphatic heterocycles. The number of H-pyrrole nitrogens is 1. The fraction of sp³-hybridized carbons (Fsp3) is 0.474. The van der Waals surface area contributed by atoms with Gasteiger partial charge < -0.3 is 9.73 Å². The molecule has 0 atom stereocenters. The van der Waals surface area contributed by atoms with Gasteiger partial charge in [-0.25, -0.2) is 4.98 Å². The lowest BCUT2D eigenvalue weighted by molar-refractivity contribution is 0.0994. The van der Waals surface area contributed by atoms with Crippen molar-refractivity contribution in [1.29, 1.82) is 0 Å². The lowest BCUT2D eigenvalue weighted by Gasteiger charge is -2.13. The summed E-state index contributed by atoms with van der Waals surface area (Å²) in [4.78, 5) is 36.2. The molecule has 1 fully saturated rings. The summed E-state index contributed by atoms with van der Waals surface area (Å²) in [6.45, 7) is 8.33. The van der Waals surface area contributed by atoms with Crippen molar-refractivity contribution in [2.75, 3.05) is 18.4 Å². The van der Waals surface area contributed by atoms with Gasteiger partial charge in [0.05, 0.1) is 5.69 Å². The van der Waals surface area contributed by atoms with Gasteiger partial charge in [0.1, 0.15) is 17.3 Å². The number of aromatic nitrogens is 4. The summed E-state index contributed by atoms with van der Waals surface area (Å²) in [7, 11) is 0. The molecule has 9 heteroatoms. The highest BCUT2D eigenvalue weighted by atomic mass is 16.4. The molecule has 3 aromatic heterocycles. The zero-order valence-electron chi connectivity index (χ0n) is 16.3. The molecule has 1 amide bonds. The van der Waals surface area contributed by atoms with E-state index in [1.54, 1.807) is 19.9 Å². The maximum atomic E-state index is 12.8. The smallest absolute Gasteiger partial charge is 0.298 e. The monoisotopic (exact) mass is 384 g/mol. The van der Waals surface area contributed by atoms with E-state index >= 15 is 0 Å². The first-order valence-electron chi connectivity index (χ1n) is 9.57. The van der Waals surface area contributed by atoms with Crippen molar-refractivity contribution < 1.29 is 9.21 Å². The van der Waals surface area contributed by atoms with E-state index in [4.69, 9.17) is 4.42 Å². The maximum absolute atomic E-state index is 12.8. The number of carbonyl (C=O) groups excluding carboxylic acids is 1. The van der Waals surface area contributed by atoms with Gasteiger partial charge in [-0.15, -0.1) is 0 Å². The molecule has 4 rings (SSSR count). The molecule has 3 aromatic rings. The van der Waals surface area contributed by atoms with Gasteiger partial charge in [0.2, 0.25) is 0 Å². The van der Waals surface area contributed by atoms with E-state index in [0.717, 1.165) is 31.0 Å². The van der Waals surface area contributed by atoms with Gasteiger partial charge in [-0.3, -0.25) is 19.6 Å². The highest BCUT2D eigenvalue weighted by molar-refractivity contribution is 6.02. The fourth-order valence-corrected chi connectivity index (χ4v) is 3.64. The van der Waals surface area contributed by atoms with Crippen molar-refractivity contribution in [3.63, 3.8) is 0 Å². The number of nitrogens with one attached hydrogen (secondary N) is 2. The Morgan fingerprint density at radius 1 is 1.29 bits per heavy atom. The van der Waals surface area contributed by atoms with Gasteiger partial charge in [0.15, 0.2) is 5.76 Å². The van der Waals surface area contributed by atoms with Crippen molar-refractivity contribution >= 4 is 17.4 Å². The highest BCUT2D eigenvalue weighted by Gasteiger charge is 2.22. The third-order valence-electron chi connectivity index (χ3n) is 5.06. The number of likely N-dealkylation sites (tertiary alicyclic amines) is 1. The molecule has 1 saturated heterocycles. The van der Waals surface area contributed by atoms with Crippen LogP contribution in [-0.4, -0.2) is 43.5 Å². The molecule has 9 nitrogen and oxygen atoms in total. The molecule has 28 heavy (non-hydrogen) atoms. The van der Waals surface area contributed by atoms with Crippen molar-refractivity contribution in [1.82, 2.24) is 24.5 Å². The second-order valence-electron chi connectivity index (χ2n) is 7.17. The molecule has 0 aliphatic carbocycles. The Morgan fingerprint density at radius 3 is 2.75 bits per heavy atom. The molecule has 1 aliphatic rings. The quantitative estimate of drug-likeness (QED) is 0.697. The summed E-state index contributed by atoms with van der Waals surface area (Å²) in [6, 6.07) is 1.78. The van der Waals surface area contributed by atoms with Gasteiger partial charge in [-0.05, 0) is 45.8 Å². The number of anilines is 1. The first kappa shape index (κ1) is 18.4. The lowest BCUT2D eigenvalue weighted by Crippen LogP contribution is -2.25. The summed E-state index contributed by atoms with van der Waals surface area (Å²) >= 11 is 0. The Labute approximate surface area is 161 Å². The summed E-state index contributed by atoms with van der Waals surface area (Å²) in [5.74, 6) is 1.40. The van der Waals surface area contributed by atoms with E-state index in [9.17, 15) is 9.59 Å². The SMILES string of the molecule is CCc1oc(C(=O)Nc2c(C)nc3nc(C)[nH]n3c2=O)cc1CN1CCCC1. The molecular formula is C19H24N6O3. The summed E-state index contributed by atoms with van der Waals surface area (Å²) < 4.78 is 7.01. The first-order chi connectivity index (χ1) is 13.5. The van der Waals surface area contributed by atoms with Crippen LogP contribution in [0.25, 0.3) is 5.78 Å². The average Bonchev–Trinajstić information content (AvgIpc) is 3.38. The van der Waals surface area contributed by atoms with Crippen LogP contribution < -0.4 is 10.9 Å². The fourth-order valence-electron chi connectivity index (χ4n) is 3.64. The minimum Gasteiger partial charge on any atom is -0.456 e. The minimum absolute atomic E-state index is 0.113. The zero-order valence-corrected chi connectivity index (χ0v) is 16.3. The van der Waals surface area contributed by atoms with E-state index in [1.807, 2.05) is 6.92 Å². The molecule has 0 bridgehead atoms. The molecule has 148 valence electrons. The third kappa shape index (κ3) is 3.33. The predicted octanol–water partition coefficient (Wildman–Crippen LogP) is 2.04. The van der Waals surface area contributed by atoms with Gasteiger partial charge >= 0.3 is 0 Å². The second kappa shape index (κ2) is 7.23. The Kier molecular flexibility index (Phi) is 4.76. The molecule has 0 aromatic carbocycles. The number of amides is 1. The van der Waals surface area contributed by atoms with Crippen molar-refractivity contribution in [3.8, 4) is 0 Å². The summed E-state index contributed by atoms with van der Waals surface area (Å²) in [6.07, 6.45) is 3.12. The molecule has 2 N–H and O–H groups in total. The number of fused-ring (bicyclic) bond motifs is 1. The maximum Gasteiger partial charge on any atom is 0.298 e. The Balaban J connectivity index is 1.61. The van der Waals surface area contributed by atoms with Crippen LogP contribution in [0, 0.1) is 13.8 Å². The average molecular weight is 384 g/mol. The van der Waals surface area contributed by atoms with Gasteiger partial charge in [-0.2, -0.15) is 9.50 Å². The van der Waals surface area contributed by atoms with E-state index in [2.05, 4.69) is 25.3 Å². The van der Waals surface area contributed by atoms with Crippen LogP contribution in [0.5, 0.6) is 0 Å². The normalized spacial score (nSPS) is 14.8. The zero-order chi connectivity index (χ0) is 19.8. The highest BCUT2D eigenvalue weighted by Crippen LogP contribution is 2.21. The predicted molar refractivity (Wildman–Crippen MR) is 104 cm³/mol.